The number of ether oxygens (including phenoxy) is 2. The first-order valence-electron chi connectivity index (χ1n) is 5.08. The largest absolute Gasteiger partial charge is 0.481 e. The molecule has 15 heavy (non-hydrogen) atoms. The molecule has 1 aromatic heterocycles. The van der Waals surface area contributed by atoms with E-state index in [4.69, 9.17) is 9.47 Å². The van der Waals surface area contributed by atoms with Gasteiger partial charge < -0.3 is 14.8 Å². The third-order valence-electron chi connectivity index (χ3n) is 1.83. The van der Waals surface area contributed by atoms with Crippen molar-refractivity contribution in [2.24, 2.45) is 0 Å². The number of nitrogens with zero attached hydrogens (tertiary/aromatic N) is 1. The van der Waals surface area contributed by atoms with Crippen LogP contribution >= 0.6 is 0 Å². The fraction of sp³-hybridized carbons (Fsp3) is 0.545. The molecule has 1 rings (SSSR count). The monoisotopic (exact) mass is 210 g/mol. The molecule has 0 radical (unpaired) electrons. The predicted octanol–water partition coefficient (Wildman–Crippen LogP) is 1.93. The summed E-state index contributed by atoms with van der Waals surface area (Å²) in [5.74, 6) is 0.616. The normalized spacial score (nSPS) is 10.4. The summed E-state index contributed by atoms with van der Waals surface area (Å²) in [5, 5.41) is 3.23. The lowest BCUT2D eigenvalue weighted by Crippen LogP contribution is -2.13. The number of methoxy groups -OCH3 is 1. The van der Waals surface area contributed by atoms with Gasteiger partial charge in [-0.15, -0.1) is 0 Å². The van der Waals surface area contributed by atoms with Crippen molar-refractivity contribution in [3.8, 4) is 5.88 Å². The van der Waals surface area contributed by atoms with Crippen molar-refractivity contribution in [1.29, 1.82) is 0 Å². The smallest absolute Gasteiger partial charge is 0.214 e. The van der Waals surface area contributed by atoms with E-state index in [1.165, 1.54) is 0 Å². The van der Waals surface area contributed by atoms with E-state index in [0.717, 1.165) is 12.2 Å². The summed E-state index contributed by atoms with van der Waals surface area (Å²) in [6.07, 6.45) is 1.99. The molecular weight excluding hydrogens is 192 g/mol. The van der Waals surface area contributed by atoms with Crippen molar-refractivity contribution in [2.45, 2.75) is 20.0 Å². The second-order valence-corrected chi connectivity index (χ2v) is 3.43. The highest BCUT2D eigenvalue weighted by Crippen LogP contribution is 2.12. The maximum atomic E-state index is 5.41. The lowest BCUT2D eigenvalue weighted by Gasteiger charge is -2.09. The van der Waals surface area contributed by atoms with Crippen molar-refractivity contribution in [1.82, 2.24) is 4.98 Å². The number of rotatable bonds is 6. The van der Waals surface area contributed by atoms with Crippen LogP contribution in [0.15, 0.2) is 18.3 Å². The summed E-state index contributed by atoms with van der Waals surface area (Å²) < 4.78 is 10.4. The van der Waals surface area contributed by atoms with Gasteiger partial charge in [0.05, 0.1) is 19.8 Å². The minimum atomic E-state index is 0.277. The molecule has 0 atom stereocenters. The van der Waals surface area contributed by atoms with E-state index in [1.54, 1.807) is 13.3 Å². The van der Waals surface area contributed by atoms with Gasteiger partial charge in [-0.05, 0) is 19.9 Å². The molecule has 1 heterocycles. The molecule has 0 spiro atoms. The number of anilines is 1. The fourth-order valence-electron chi connectivity index (χ4n) is 1.12. The first kappa shape index (κ1) is 11.8. The Hall–Kier alpha value is -1.29. The molecule has 0 bridgehead atoms. The van der Waals surface area contributed by atoms with E-state index in [1.807, 2.05) is 26.0 Å². The van der Waals surface area contributed by atoms with Crippen molar-refractivity contribution >= 4 is 5.69 Å². The van der Waals surface area contributed by atoms with Gasteiger partial charge in [-0.1, -0.05) is 0 Å². The van der Waals surface area contributed by atoms with E-state index in [-0.39, 0.29) is 6.10 Å². The molecule has 4 nitrogen and oxygen atoms in total. The number of hydrogen-bond donors (Lipinski definition) is 1. The van der Waals surface area contributed by atoms with Crippen LogP contribution in [0.2, 0.25) is 0 Å². The fourth-order valence-corrected chi connectivity index (χ4v) is 1.12. The number of hydrogen-bond acceptors (Lipinski definition) is 4. The Kier molecular flexibility index (Phi) is 4.90. The van der Waals surface area contributed by atoms with E-state index >= 15 is 0 Å². The van der Waals surface area contributed by atoms with Gasteiger partial charge in [0.2, 0.25) is 5.88 Å². The Balaban J connectivity index is 2.30. The molecule has 0 aliphatic carbocycles. The van der Waals surface area contributed by atoms with E-state index in [9.17, 15) is 0 Å². The van der Waals surface area contributed by atoms with Gasteiger partial charge in [0, 0.05) is 24.5 Å². The summed E-state index contributed by atoms with van der Waals surface area (Å²) in [7, 11) is 1.61. The molecule has 0 saturated heterocycles. The van der Waals surface area contributed by atoms with Gasteiger partial charge in [0.25, 0.3) is 0 Å². The highest BCUT2D eigenvalue weighted by atomic mass is 16.5. The van der Waals surface area contributed by atoms with Crippen molar-refractivity contribution < 1.29 is 9.47 Å². The van der Waals surface area contributed by atoms with Crippen molar-refractivity contribution in [3.05, 3.63) is 18.3 Å². The van der Waals surface area contributed by atoms with Gasteiger partial charge in [-0.3, -0.25) is 0 Å². The summed E-state index contributed by atoms with van der Waals surface area (Å²) in [6, 6.07) is 3.76. The van der Waals surface area contributed by atoms with Gasteiger partial charge in [-0.25, -0.2) is 4.98 Å². The second-order valence-electron chi connectivity index (χ2n) is 3.43. The van der Waals surface area contributed by atoms with Crippen molar-refractivity contribution in [2.75, 3.05) is 25.6 Å². The molecule has 0 saturated carbocycles. The Morgan fingerprint density at radius 2 is 2.27 bits per heavy atom. The number of pyridine rings is 1. The predicted molar refractivity (Wildman–Crippen MR) is 60.4 cm³/mol. The average molecular weight is 210 g/mol. The molecule has 0 amide bonds. The summed E-state index contributed by atoms with van der Waals surface area (Å²) in [4.78, 5) is 4.02. The van der Waals surface area contributed by atoms with Crippen LogP contribution in [0.1, 0.15) is 13.8 Å². The van der Waals surface area contributed by atoms with Crippen LogP contribution < -0.4 is 10.1 Å². The van der Waals surface area contributed by atoms with Crippen LogP contribution in [0.5, 0.6) is 5.88 Å². The van der Waals surface area contributed by atoms with Crippen molar-refractivity contribution in [3.63, 3.8) is 0 Å². The van der Waals surface area contributed by atoms with Crippen LogP contribution in [0.25, 0.3) is 0 Å². The molecule has 0 unspecified atom stereocenters. The molecule has 84 valence electrons. The molecule has 0 aromatic carbocycles. The van der Waals surface area contributed by atoms with Crippen LogP contribution in [0.4, 0.5) is 5.69 Å². The second kappa shape index (κ2) is 6.24. The lowest BCUT2D eigenvalue weighted by molar-refractivity contribution is 0.0870. The van der Waals surface area contributed by atoms with E-state index < -0.39 is 0 Å². The number of aromatic nitrogens is 1. The topological polar surface area (TPSA) is 43.4 Å². The molecule has 1 N–H and O–H groups in total. The maximum Gasteiger partial charge on any atom is 0.214 e. The van der Waals surface area contributed by atoms with Gasteiger partial charge >= 0.3 is 0 Å². The van der Waals surface area contributed by atoms with Crippen LogP contribution in [-0.2, 0) is 4.74 Å². The zero-order valence-electron chi connectivity index (χ0n) is 9.49. The first-order chi connectivity index (χ1) is 7.22. The third-order valence-corrected chi connectivity index (χ3v) is 1.83. The summed E-state index contributed by atoms with van der Waals surface area (Å²) >= 11 is 0. The Morgan fingerprint density at radius 1 is 1.47 bits per heavy atom. The minimum absolute atomic E-state index is 0.277. The van der Waals surface area contributed by atoms with E-state index in [2.05, 4.69) is 10.3 Å². The number of nitrogens with one attached hydrogen (secondary N) is 1. The highest BCUT2D eigenvalue weighted by molar-refractivity contribution is 5.44. The maximum absolute atomic E-state index is 5.41. The Morgan fingerprint density at radius 3 is 2.93 bits per heavy atom. The van der Waals surface area contributed by atoms with Gasteiger partial charge in [0.1, 0.15) is 0 Å². The standard InChI is InChI=1S/C11H18N2O2/c1-9(2)15-7-6-12-10-4-5-13-11(8-10)14-3/h4-5,8-9H,6-7H2,1-3H3,(H,12,13). The average Bonchev–Trinajstić information content (AvgIpc) is 2.24. The molecule has 0 fully saturated rings. The van der Waals surface area contributed by atoms with Crippen LogP contribution in [0, 0.1) is 0 Å². The van der Waals surface area contributed by atoms with Crippen LogP contribution in [0.3, 0.4) is 0 Å². The summed E-state index contributed by atoms with van der Waals surface area (Å²) in [6.45, 7) is 5.53. The third kappa shape index (κ3) is 4.65. The Labute approximate surface area is 90.6 Å². The highest BCUT2D eigenvalue weighted by Gasteiger charge is 1.96. The quantitative estimate of drug-likeness (QED) is 0.728. The van der Waals surface area contributed by atoms with Crippen LogP contribution in [-0.4, -0.2) is 31.3 Å². The molecule has 0 aliphatic rings. The molecular formula is C11H18N2O2. The van der Waals surface area contributed by atoms with Gasteiger partial charge in [-0.2, -0.15) is 0 Å². The zero-order valence-corrected chi connectivity index (χ0v) is 9.49. The minimum Gasteiger partial charge on any atom is -0.481 e. The zero-order chi connectivity index (χ0) is 11.1. The molecule has 0 aliphatic heterocycles. The van der Waals surface area contributed by atoms with Gasteiger partial charge in [0.15, 0.2) is 0 Å². The van der Waals surface area contributed by atoms with E-state index in [0.29, 0.717) is 12.5 Å². The first-order valence-corrected chi connectivity index (χ1v) is 5.08. The molecule has 1 aromatic rings. The SMILES string of the molecule is COc1cc(NCCOC(C)C)ccn1. The lowest BCUT2D eigenvalue weighted by atomic mass is 10.4. The Bertz CT molecular complexity index is 290. The molecule has 4 heteroatoms. The summed E-state index contributed by atoms with van der Waals surface area (Å²) in [5.41, 5.74) is 0.995.